The Hall–Kier alpha value is -1.85. The largest absolute Gasteiger partial charge is 0.462 e. The van der Waals surface area contributed by atoms with Crippen LogP contribution in [-0.4, -0.2) is 37.2 Å². The number of allylic oxidation sites excluding steroid dienone is 2. The van der Waals surface area contributed by atoms with Crippen LogP contribution in [0.15, 0.2) is 12.2 Å². The average Bonchev–Trinajstić information content (AvgIpc) is 3.48. The highest BCUT2D eigenvalue weighted by Gasteiger charge is 2.20. The van der Waals surface area contributed by atoms with E-state index in [9.17, 15) is 14.4 Å². The minimum atomic E-state index is -0.766. The van der Waals surface area contributed by atoms with Gasteiger partial charge in [0.05, 0.1) is 0 Å². The monoisotopic (exact) mass is 1160 g/mol. The molecule has 0 saturated heterocycles. The molecule has 6 heteroatoms. The van der Waals surface area contributed by atoms with Crippen LogP contribution in [0.3, 0.4) is 0 Å². The van der Waals surface area contributed by atoms with Gasteiger partial charge in [0.1, 0.15) is 13.2 Å². The number of hydrogen-bond donors (Lipinski definition) is 0. The predicted octanol–water partition coefficient (Wildman–Crippen LogP) is 26.0. The Morgan fingerprint density at radius 1 is 0.232 bits per heavy atom. The molecule has 0 aliphatic rings. The molecule has 0 aliphatic carbocycles. The third kappa shape index (κ3) is 68.9. The van der Waals surface area contributed by atoms with Crippen LogP contribution >= 0.6 is 0 Å². The molecule has 0 radical (unpaired) electrons. The van der Waals surface area contributed by atoms with Gasteiger partial charge < -0.3 is 14.2 Å². The second kappa shape index (κ2) is 71.6. The highest BCUT2D eigenvalue weighted by molar-refractivity contribution is 5.71. The van der Waals surface area contributed by atoms with Crippen LogP contribution in [0.4, 0.5) is 0 Å². The average molecular weight is 1160 g/mol. The molecule has 0 amide bonds. The van der Waals surface area contributed by atoms with E-state index in [1.54, 1.807) is 0 Å². The van der Waals surface area contributed by atoms with Gasteiger partial charge in [-0.2, -0.15) is 0 Å². The Morgan fingerprint density at radius 2 is 0.402 bits per heavy atom. The van der Waals surface area contributed by atoms with Crippen LogP contribution in [-0.2, 0) is 28.6 Å². The van der Waals surface area contributed by atoms with Gasteiger partial charge in [-0.1, -0.05) is 386 Å². The minimum absolute atomic E-state index is 0.0646. The van der Waals surface area contributed by atoms with Crippen molar-refractivity contribution in [3.05, 3.63) is 12.2 Å². The molecule has 82 heavy (non-hydrogen) atoms. The van der Waals surface area contributed by atoms with Crippen LogP contribution in [0.1, 0.15) is 438 Å². The molecule has 1 atom stereocenters. The Balaban J connectivity index is 3.94. The summed E-state index contributed by atoms with van der Waals surface area (Å²) in [7, 11) is 0. The van der Waals surface area contributed by atoms with Gasteiger partial charge in [-0.25, -0.2) is 0 Å². The van der Waals surface area contributed by atoms with Crippen LogP contribution in [0.2, 0.25) is 0 Å². The third-order valence-electron chi connectivity index (χ3n) is 17.5. The zero-order valence-corrected chi connectivity index (χ0v) is 56.1. The van der Waals surface area contributed by atoms with Gasteiger partial charge >= 0.3 is 17.9 Å². The molecule has 486 valence electrons. The number of unbranched alkanes of at least 4 members (excludes halogenated alkanes) is 58. The van der Waals surface area contributed by atoms with Gasteiger partial charge in [0.25, 0.3) is 0 Å². The molecule has 0 aliphatic heterocycles. The molecule has 0 spiro atoms. The topological polar surface area (TPSA) is 78.9 Å². The van der Waals surface area contributed by atoms with E-state index in [0.29, 0.717) is 19.3 Å². The van der Waals surface area contributed by atoms with Gasteiger partial charge in [-0.3, -0.25) is 14.4 Å². The fourth-order valence-corrected chi connectivity index (χ4v) is 11.9. The molecule has 0 aromatic rings. The lowest BCUT2D eigenvalue weighted by Gasteiger charge is -2.18. The Morgan fingerprint density at radius 3 is 0.610 bits per heavy atom. The zero-order chi connectivity index (χ0) is 59.2. The number of ether oxygens (including phenoxy) is 3. The Labute approximate surface area is 513 Å². The lowest BCUT2D eigenvalue weighted by molar-refractivity contribution is -0.167. The van der Waals surface area contributed by atoms with Gasteiger partial charge in [0.2, 0.25) is 0 Å². The van der Waals surface area contributed by atoms with Crippen LogP contribution in [0.5, 0.6) is 0 Å². The maximum Gasteiger partial charge on any atom is 0.306 e. The normalized spacial score (nSPS) is 12.0. The van der Waals surface area contributed by atoms with E-state index in [1.165, 1.54) is 340 Å². The molecule has 0 aromatic heterocycles. The summed E-state index contributed by atoms with van der Waals surface area (Å²) in [6, 6.07) is 0. The molecule has 0 rings (SSSR count). The summed E-state index contributed by atoms with van der Waals surface area (Å²) in [4.78, 5) is 38.2. The van der Waals surface area contributed by atoms with Gasteiger partial charge in [-0.05, 0) is 44.9 Å². The molecular weight excluding hydrogens is 1010 g/mol. The van der Waals surface area contributed by atoms with Crippen LogP contribution in [0, 0.1) is 0 Å². The summed E-state index contributed by atoms with van der Waals surface area (Å²) in [6.07, 6.45) is 87.3. The van der Waals surface area contributed by atoms with E-state index in [0.717, 1.165) is 57.8 Å². The van der Waals surface area contributed by atoms with Crippen LogP contribution in [0.25, 0.3) is 0 Å². The minimum Gasteiger partial charge on any atom is -0.462 e. The summed E-state index contributed by atoms with van der Waals surface area (Å²) in [5.74, 6) is -0.839. The number of esters is 3. The Bertz CT molecular complexity index is 1280. The standard InChI is InChI=1S/C76H146O6/c1-4-7-10-13-16-19-21-23-25-27-29-31-32-33-34-35-36-37-38-39-40-41-42-43-44-46-47-49-51-53-55-57-60-63-66-69-75(78)81-72-73(71-80-74(77)68-65-62-59-18-15-12-9-6-3)82-76(79)70-67-64-61-58-56-54-52-50-48-45-30-28-26-24-22-20-17-14-11-8-5-2/h28,30,73H,4-27,29,31-72H2,1-3H3/b30-28-. The molecule has 0 saturated carbocycles. The highest BCUT2D eigenvalue weighted by atomic mass is 16.6. The zero-order valence-electron chi connectivity index (χ0n) is 56.1. The van der Waals surface area contributed by atoms with Crippen molar-refractivity contribution in [3.63, 3.8) is 0 Å². The lowest BCUT2D eigenvalue weighted by atomic mass is 10.0. The molecule has 0 fully saturated rings. The van der Waals surface area contributed by atoms with Crippen molar-refractivity contribution in [1.29, 1.82) is 0 Å². The number of rotatable bonds is 71. The van der Waals surface area contributed by atoms with E-state index < -0.39 is 6.10 Å². The quantitative estimate of drug-likeness (QED) is 0.0261. The first-order valence-electron chi connectivity index (χ1n) is 37.7. The van der Waals surface area contributed by atoms with E-state index in [4.69, 9.17) is 14.2 Å². The molecule has 1 unspecified atom stereocenters. The molecular formula is C76H146O6. The number of hydrogen-bond acceptors (Lipinski definition) is 6. The number of carbonyl (C=O) groups excluding carboxylic acids is 3. The van der Waals surface area contributed by atoms with Crippen molar-refractivity contribution in [2.24, 2.45) is 0 Å². The van der Waals surface area contributed by atoms with Gasteiger partial charge in [0.15, 0.2) is 6.10 Å². The predicted molar refractivity (Wildman–Crippen MR) is 358 cm³/mol. The van der Waals surface area contributed by atoms with E-state index in [-0.39, 0.29) is 31.1 Å². The van der Waals surface area contributed by atoms with Crippen molar-refractivity contribution in [1.82, 2.24) is 0 Å². The lowest BCUT2D eigenvalue weighted by Crippen LogP contribution is -2.30. The SMILES string of the molecule is CCCCCCCCCC/C=C\CCCCCCCCCCCC(=O)OC(COC(=O)CCCCCCCCCC)COC(=O)CCCCCCCCCCCCCCCCCCCCCCCCCCCCCCCCCCCCC. The molecule has 0 N–H and O–H groups in total. The first-order chi connectivity index (χ1) is 40.5. The van der Waals surface area contributed by atoms with Crippen molar-refractivity contribution < 1.29 is 28.6 Å². The van der Waals surface area contributed by atoms with E-state index in [2.05, 4.69) is 32.9 Å². The van der Waals surface area contributed by atoms with Crippen LogP contribution < -0.4 is 0 Å². The second-order valence-corrected chi connectivity index (χ2v) is 25.9. The molecule has 6 nitrogen and oxygen atoms in total. The van der Waals surface area contributed by atoms with Crippen molar-refractivity contribution in [2.45, 2.75) is 444 Å². The summed E-state index contributed by atoms with van der Waals surface area (Å²) in [5.41, 5.74) is 0. The number of carbonyl (C=O) groups is 3. The smallest absolute Gasteiger partial charge is 0.306 e. The van der Waals surface area contributed by atoms with E-state index in [1.807, 2.05) is 0 Å². The molecule has 0 aromatic carbocycles. The molecule has 0 bridgehead atoms. The third-order valence-corrected chi connectivity index (χ3v) is 17.5. The Kier molecular flexibility index (Phi) is 70.0. The fraction of sp³-hybridized carbons (Fsp3) is 0.934. The summed E-state index contributed by atoms with van der Waals surface area (Å²) in [5, 5.41) is 0. The van der Waals surface area contributed by atoms with Crippen molar-refractivity contribution in [3.8, 4) is 0 Å². The second-order valence-electron chi connectivity index (χ2n) is 25.9. The van der Waals surface area contributed by atoms with Gasteiger partial charge in [0, 0.05) is 19.3 Å². The van der Waals surface area contributed by atoms with Crippen molar-refractivity contribution >= 4 is 17.9 Å². The summed E-state index contributed by atoms with van der Waals surface area (Å²) >= 11 is 0. The van der Waals surface area contributed by atoms with Crippen molar-refractivity contribution in [2.75, 3.05) is 13.2 Å². The molecule has 0 heterocycles. The maximum atomic E-state index is 12.9. The first-order valence-corrected chi connectivity index (χ1v) is 37.7. The summed E-state index contributed by atoms with van der Waals surface area (Å²) in [6.45, 7) is 6.69. The van der Waals surface area contributed by atoms with E-state index >= 15 is 0 Å². The fourth-order valence-electron chi connectivity index (χ4n) is 11.9. The van der Waals surface area contributed by atoms with Gasteiger partial charge in [-0.15, -0.1) is 0 Å². The highest BCUT2D eigenvalue weighted by Crippen LogP contribution is 2.20. The summed E-state index contributed by atoms with van der Waals surface area (Å²) < 4.78 is 16.9. The maximum absolute atomic E-state index is 12.9. The first kappa shape index (κ1) is 80.2.